The Balaban J connectivity index is 1.23. The normalized spacial score (nSPS) is 27.2. The average molecular weight is 606 g/mol. The van der Waals surface area contributed by atoms with E-state index in [0.717, 1.165) is 60.8 Å². The molecule has 2 aromatic carbocycles. The van der Waals surface area contributed by atoms with Crippen molar-refractivity contribution in [2.45, 2.75) is 102 Å². The number of amides is 2. The van der Waals surface area contributed by atoms with Gasteiger partial charge in [-0.15, -0.1) is 0 Å². The highest BCUT2D eigenvalue weighted by Gasteiger charge is 2.51. The zero-order chi connectivity index (χ0) is 30.4. The van der Waals surface area contributed by atoms with E-state index in [9.17, 15) is 18.0 Å². The van der Waals surface area contributed by atoms with Crippen molar-refractivity contribution in [2.75, 3.05) is 17.1 Å². The predicted octanol–water partition coefficient (Wildman–Crippen LogP) is 5.70. The number of anilines is 1. The number of carbonyl (C=O) groups is 2. The van der Waals surface area contributed by atoms with Gasteiger partial charge in [-0.25, -0.2) is 8.42 Å². The van der Waals surface area contributed by atoms with Gasteiger partial charge in [0.1, 0.15) is 12.6 Å². The van der Waals surface area contributed by atoms with Gasteiger partial charge in [0.15, 0.2) is 0 Å². The molecule has 8 heteroatoms. The third kappa shape index (κ3) is 6.36. The van der Waals surface area contributed by atoms with Crippen LogP contribution < -0.4 is 9.62 Å². The summed E-state index contributed by atoms with van der Waals surface area (Å²) in [6.45, 7) is 3.59. The Bertz CT molecular complexity index is 1410. The summed E-state index contributed by atoms with van der Waals surface area (Å²) in [5.74, 6) is 1.88. The minimum absolute atomic E-state index is 0.130. The van der Waals surface area contributed by atoms with Crippen LogP contribution in [0.25, 0.3) is 0 Å². The van der Waals surface area contributed by atoms with Gasteiger partial charge >= 0.3 is 0 Å². The van der Waals surface area contributed by atoms with Crippen molar-refractivity contribution in [1.82, 2.24) is 10.2 Å². The third-order valence-corrected chi connectivity index (χ3v) is 12.1. The van der Waals surface area contributed by atoms with Gasteiger partial charge in [-0.05, 0) is 117 Å². The van der Waals surface area contributed by atoms with E-state index in [1.54, 1.807) is 6.92 Å². The molecule has 7 nitrogen and oxygen atoms in total. The van der Waals surface area contributed by atoms with Crippen molar-refractivity contribution in [3.8, 4) is 0 Å². The highest BCUT2D eigenvalue weighted by molar-refractivity contribution is 7.92. The Kier molecular flexibility index (Phi) is 8.35. The van der Waals surface area contributed by atoms with E-state index >= 15 is 0 Å². The average Bonchev–Trinajstić information content (AvgIpc) is 3.47. The number of sulfonamides is 1. The molecule has 1 N–H and O–H groups in total. The molecule has 0 radical (unpaired) electrons. The Labute approximate surface area is 257 Å². The molecule has 7 rings (SSSR count). The van der Waals surface area contributed by atoms with Crippen LogP contribution in [0.4, 0.5) is 5.69 Å². The molecule has 5 fully saturated rings. The summed E-state index contributed by atoms with van der Waals surface area (Å²) in [6, 6.07) is 15.2. The highest BCUT2D eigenvalue weighted by atomic mass is 32.2. The second-order valence-corrected chi connectivity index (χ2v) is 16.0. The van der Waals surface area contributed by atoms with Crippen LogP contribution in [0.1, 0.15) is 87.8 Å². The molecule has 0 aliphatic heterocycles. The van der Waals surface area contributed by atoms with Gasteiger partial charge in [0, 0.05) is 12.6 Å². The van der Waals surface area contributed by atoms with E-state index in [4.69, 9.17) is 0 Å². The maximum atomic E-state index is 14.0. The van der Waals surface area contributed by atoms with Crippen molar-refractivity contribution in [3.63, 3.8) is 0 Å². The highest BCUT2D eigenvalue weighted by Crippen LogP contribution is 2.60. The molecule has 5 aliphatic rings. The fourth-order valence-electron chi connectivity index (χ4n) is 9.00. The molecule has 0 saturated heterocycles. The summed E-state index contributed by atoms with van der Waals surface area (Å²) in [4.78, 5) is 28.9. The van der Waals surface area contributed by atoms with E-state index in [1.807, 2.05) is 43.3 Å². The lowest BCUT2D eigenvalue weighted by Gasteiger charge is -2.57. The lowest BCUT2D eigenvalue weighted by Crippen LogP contribution is -2.52. The summed E-state index contributed by atoms with van der Waals surface area (Å²) in [7, 11) is -3.76. The molecule has 232 valence electrons. The monoisotopic (exact) mass is 605 g/mol. The smallest absolute Gasteiger partial charge is 0.244 e. The molecule has 5 aliphatic carbocycles. The van der Waals surface area contributed by atoms with E-state index in [2.05, 4.69) is 17.4 Å². The van der Waals surface area contributed by atoms with Gasteiger partial charge in [-0.3, -0.25) is 13.9 Å². The van der Waals surface area contributed by atoms with Gasteiger partial charge in [-0.2, -0.15) is 0 Å². The lowest BCUT2D eigenvalue weighted by atomic mass is 9.48. The van der Waals surface area contributed by atoms with Crippen molar-refractivity contribution < 1.29 is 18.0 Å². The molecule has 1 unspecified atom stereocenters. The van der Waals surface area contributed by atoms with Crippen LogP contribution >= 0.6 is 0 Å². The van der Waals surface area contributed by atoms with E-state index in [1.165, 1.54) is 53.3 Å². The molecule has 4 bridgehead atoms. The molecule has 0 aromatic heterocycles. The molecule has 1 atom stereocenters. The number of carbonyl (C=O) groups excluding carboxylic acids is 2. The first-order chi connectivity index (χ1) is 20.5. The molecule has 2 amide bonds. The largest absolute Gasteiger partial charge is 0.352 e. The zero-order valence-electron chi connectivity index (χ0n) is 25.9. The number of nitrogens with one attached hydrogen (secondary N) is 1. The number of hydrogen-bond donors (Lipinski definition) is 1. The molecular weight excluding hydrogens is 558 g/mol. The Hall–Kier alpha value is -2.87. The summed E-state index contributed by atoms with van der Waals surface area (Å²) in [5, 5.41) is 3.13. The number of aryl methyl sites for hydroxylation is 1. The second kappa shape index (κ2) is 11.9. The first-order valence-electron chi connectivity index (χ1n) is 16.2. The van der Waals surface area contributed by atoms with Crippen LogP contribution in [0.2, 0.25) is 0 Å². The molecule has 2 aromatic rings. The standard InChI is InChI=1S/C35H47N3O4S/c1-24-8-4-5-9-29(24)22-37(25(2)34(40)36-31-10-6-7-11-31)33(39)23-38(43(3,41)42)32-14-12-30(13-15-32)35-19-26-16-27(20-35)18-28(17-26)21-35/h4-5,8-9,12-15,25-28,31H,6-7,10-11,16-23H2,1-3H3,(H,36,40). The molecular formula is C35H47N3O4S. The van der Waals surface area contributed by atoms with Crippen LogP contribution in [-0.2, 0) is 31.6 Å². The van der Waals surface area contributed by atoms with E-state index < -0.39 is 22.0 Å². The van der Waals surface area contributed by atoms with E-state index in [0.29, 0.717) is 5.69 Å². The minimum atomic E-state index is -3.76. The summed E-state index contributed by atoms with van der Waals surface area (Å²) in [6.07, 6.45) is 13.1. The van der Waals surface area contributed by atoms with Crippen LogP contribution in [0.15, 0.2) is 48.5 Å². The van der Waals surface area contributed by atoms with Crippen molar-refractivity contribution in [1.29, 1.82) is 0 Å². The minimum Gasteiger partial charge on any atom is -0.352 e. The molecule has 5 saturated carbocycles. The topological polar surface area (TPSA) is 86.8 Å². The SMILES string of the molecule is Cc1ccccc1CN(C(=O)CN(c1ccc(C23CC4CC(CC(C4)C2)C3)cc1)S(C)(=O)=O)C(C)C(=O)NC1CCCC1. The number of rotatable bonds is 10. The zero-order valence-corrected chi connectivity index (χ0v) is 26.7. The Morgan fingerprint density at radius 2 is 1.51 bits per heavy atom. The molecule has 43 heavy (non-hydrogen) atoms. The number of nitrogens with zero attached hydrogens (tertiary/aromatic N) is 2. The fourth-order valence-corrected chi connectivity index (χ4v) is 9.85. The van der Waals surface area contributed by atoms with Gasteiger partial charge in [0.25, 0.3) is 0 Å². The molecule has 0 spiro atoms. The van der Waals surface area contributed by atoms with Crippen molar-refractivity contribution in [2.24, 2.45) is 17.8 Å². The Morgan fingerprint density at radius 1 is 0.930 bits per heavy atom. The summed E-state index contributed by atoms with van der Waals surface area (Å²) < 4.78 is 27.4. The van der Waals surface area contributed by atoms with Crippen LogP contribution in [0, 0.1) is 24.7 Å². The van der Waals surface area contributed by atoms with Crippen LogP contribution in [-0.4, -0.2) is 50.0 Å². The third-order valence-electron chi connectivity index (χ3n) is 11.0. The summed E-state index contributed by atoms with van der Waals surface area (Å²) in [5.41, 5.74) is 3.97. The quantitative estimate of drug-likeness (QED) is 0.376. The van der Waals surface area contributed by atoms with Gasteiger partial charge < -0.3 is 10.2 Å². The maximum absolute atomic E-state index is 14.0. The van der Waals surface area contributed by atoms with Crippen molar-refractivity contribution >= 4 is 27.5 Å². The maximum Gasteiger partial charge on any atom is 0.244 e. The number of benzene rings is 2. The second-order valence-electron chi connectivity index (χ2n) is 14.1. The molecule has 0 heterocycles. The predicted molar refractivity (Wildman–Crippen MR) is 170 cm³/mol. The first-order valence-corrected chi connectivity index (χ1v) is 18.1. The fraction of sp³-hybridized carbons (Fsp3) is 0.600. The van der Waals surface area contributed by atoms with Crippen molar-refractivity contribution in [3.05, 3.63) is 65.2 Å². The van der Waals surface area contributed by atoms with Gasteiger partial charge in [0.05, 0.1) is 11.9 Å². The van der Waals surface area contributed by atoms with Crippen LogP contribution in [0.5, 0.6) is 0 Å². The van der Waals surface area contributed by atoms with E-state index in [-0.39, 0.29) is 30.5 Å². The van der Waals surface area contributed by atoms with Crippen LogP contribution in [0.3, 0.4) is 0 Å². The Morgan fingerprint density at radius 3 is 2.07 bits per heavy atom. The lowest BCUT2D eigenvalue weighted by molar-refractivity contribution is -0.139. The summed E-state index contributed by atoms with van der Waals surface area (Å²) >= 11 is 0. The van der Waals surface area contributed by atoms with Gasteiger partial charge in [0.2, 0.25) is 21.8 Å². The first kappa shape index (κ1) is 30.2. The number of hydrogen-bond acceptors (Lipinski definition) is 4. The van der Waals surface area contributed by atoms with Gasteiger partial charge in [-0.1, -0.05) is 49.2 Å².